The van der Waals surface area contributed by atoms with Crippen molar-refractivity contribution in [3.05, 3.63) is 18.1 Å². The number of anilines is 1. The molecule has 0 saturated carbocycles. The molecule has 17 heavy (non-hydrogen) atoms. The Balaban J connectivity index is 2.21. The van der Waals surface area contributed by atoms with Crippen molar-refractivity contribution < 1.29 is 0 Å². The minimum atomic E-state index is 0.401. The molecule has 0 aliphatic carbocycles. The lowest BCUT2D eigenvalue weighted by Crippen LogP contribution is -2.43. The first kappa shape index (κ1) is 11.8. The van der Waals surface area contributed by atoms with E-state index in [1.165, 1.54) is 0 Å². The fourth-order valence-corrected chi connectivity index (χ4v) is 2.29. The van der Waals surface area contributed by atoms with E-state index in [1.54, 1.807) is 12.4 Å². The summed E-state index contributed by atoms with van der Waals surface area (Å²) < 4.78 is 0. The van der Waals surface area contributed by atoms with Gasteiger partial charge in [0.1, 0.15) is 6.07 Å². The zero-order valence-corrected chi connectivity index (χ0v) is 10.0. The molecule has 0 amide bonds. The monoisotopic (exact) mass is 231 g/mol. The smallest absolute Gasteiger partial charge is 0.183 e. The van der Waals surface area contributed by atoms with Gasteiger partial charge < -0.3 is 10.6 Å². The SMILES string of the molecule is CC1CCN(c2nccnc2C#N)CC1CN. The number of rotatable bonds is 2. The van der Waals surface area contributed by atoms with Gasteiger partial charge in [-0.1, -0.05) is 6.92 Å². The summed E-state index contributed by atoms with van der Waals surface area (Å²) in [5, 5.41) is 9.02. The third-order valence-corrected chi connectivity index (χ3v) is 3.50. The van der Waals surface area contributed by atoms with Crippen molar-refractivity contribution in [1.82, 2.24) is 9.97 Å². The molecule has 5 nitrogen and oxygen atoms in total. The van der Waals surface area contributed by atoms with Gasteiger partial charge in [0.05, 0.1) is 0 Å². The summed E-state index contributed by atoms with van der Waals surface area (Å²) in [4.78, 5) is 10.4. The second kappa shape index (κ2) is 5.11. The van der Waals surface area contributed by atoms with Crippen LogP contribution in [0, 0.1) is 23.2 Å². The average molecular weight is 231 g/mol. The largest absolute Gasteiger partial charge is 0.354 e. The predicted octanol–water partition coefficient (Wildman–Crippen LogP) is 0.769. The van der Waals surface area contributed by atoms with Crippen LogP contribution in [0.25, 0.3) is 0 Å². The van der Waals surface area contributed by atoms with Crippen LogP contribution in [0.2, 0.25) is 0 Å². The van der Waals surface area contributed by atoms with Crippen molar-refractivity contribution in [3.8, 4) is 6.07 Å². The molecule has 1 aromatic rings. The maximum absolute atomic E-state index is 9.02. The fraction of sp³-hybridized carbons (Fsp3) is 0.583. The lowest BCUT2D eigenvalue weighted by molar-refractivity contribution is 0.306. The van der Waals surface area contributed by atoms with Crippen LogP contribution >= 0.6 is 0 Å². The Kier molecular flexibility index (Phi) is 3.55. The Morgan fingerprint density at radius 1 is 1.53 bits per heavy atom. The van der Waals surface area contributed by atoms with Crippen molar-refractivity contribution >= 4 is 5.82 Å². The lowest BCUT2D eigenvalue weighted by Gasteiger charge is -2.37. The number of aromatic nitrogens is 2. The van der Waals surface area contributed by atoms with Gasteiger partial charge >= 0.3 is 0 Å². The first-order valence-corrected chi connectivity index (χ1v) is 5.92. The van der Waals surface area contributed by atoms with Crippen LogP contribution in [-0.2, 0) is 0 Å². The van der Waals surface area contributed by atoms with E-state index < -0.39 is 0 Å². The number of nitrogens with two attached hydrogens (primary N) is 1. The van der Waals surface area contributed by atoms with Crippen LogP contribution in [-0.4, -0.2) is 29.6 Å². The highest BCUT2D eigenvalue weighted by Gasteiger charge is 2.27. The molecule has 0 spiro atoms. The third-order valence-electron chi connectivity index (χ3n) is 3.50. The van der Waals surface area contributed by atoms with Crippen LogP contribution < -0.4 is 10.6 Å². The number of hydrogen-bond donors (Lipinski definition) is 1. The van der Waals surface area contributed by atoms with Gasteiger partial charge in [-0.3, -0.25) is 0 Å². The van der Waals surface area contributed by atoms with E-state index in [0.29, 0.717) is 29.9 Å². The Morgan fingerprint density at radius 2 is 2.29 bits per heavy atom. The quantitative estimate of drug-likeness (QED) is 0.813. The van der Waals surface area contributed by atoms with Gasteiger partial charge in [0.2, 0.25) is 0 Å². The van der Waals surface area contributed by atoms with E-state index >= 15 is 0 Å². The van der Waals surface area contributed by atoms with E-state index in [-0.39, 0.29) is 0 Å². The molecule has 2 rings (SSSR count). The average Bonchev–Trinajstić information content (AvgIpc) is 2.39. The normalized spacial score (nSPS) is 24.4. The number of nitrogens with zero attached hydrogens (tertiary/aromatic N) is 4. The Bertz CT molecular complexity index is 425. The van der Waals surface area contributed by atoms with Crippen LogP contribution in [0.15, 0.2) is 12.4 Å². The Hall–Kier alpha value is -1.67. The molecule has 1 saturated heterocycles. The van der Waals surface area contributed by atoms with E-state index in [2.05, 4.69) is 27.9 Å². The predicted molar refractivity (Wildman–Crippen MR) is 65.3 cm³/mol. The van der Waals surface area contributed by atoms with Crippen LogP contribution in [0.3, 0.4) is 0 Å². The summed E-state index contributed by atoms with van der Waals surface area (Å²) in [6.07, 6.45) is 4.27. The van der Waals surface area contributed by atoms with Gasteiger partial charge in [-0.25, -0.2) is 9.97 Å². The topological polar surface area (TPSA) is 78.8 Å². The molecule has 1 aliphatic heterocycles. The van der Waals surface area contributed by atoms with E-state index in [1.807, 2.05) is 0 Å². The van der Waals surface area contributed by atoms with Crippen molar-refractivity contribution in [2.24, 2.45) is 17.6 Å². The molecule has 2 N–H and O–H groups in total. The van der Waals surface area contributed by atoms with Gasteiger partial charge in [-0.15, -0.1) is 0 Å². The van der Waals surface area contributed by atoms with Crippen LogP contribution in [0.4, 0.5) is 5.82 Å². The van der Waals surface area contributed by atoms with Crippen molar-refractivity contribution in [1.29, 1.82) is 5.26 Å². The molecule has 1 aliphatic rings. The molecule has 0 bridgehead atoms. The molecule has 5 heteroatoms. The highest BCUT2D eigenvalue weighted by molar-refractivity contribution is 5.49. The molecule has 2 unspecified atom stereocenters. The van der Waals surface area contributed by atoms with Crippen molar-refractivity contribution in [2.45, 2.75) is 13.3 Å². The lowest BCUT2D eigenvalue weighted by atomic mass is 9.87. The van der Waals surface area contributed by atoms with E-state index in [0.717, 1.165) is 19.5 Å². The third kappa shape index (κ3) is 2.37. The molecular weight excluding hydrogens is 214 g/mol. The second-order valence-electron chi connectivity index (χ2n) is 4.55. The first-order chi connectivity index (χ1) is 8.26. The van der Waals surface area contributed by atoms with Gasteiger partial charge in [-0.05, 0) is 24.8 Å². The molecule has 1 aromatic heterocycles. The Labute approximate surface area is 101 Å². The molecule has 0 radical (unpaired) electrons. The second-order valence-corrected chi connectivity index (χ2v) is 4.55. The van der Waals surface area contributed by atoms with Crippen molar-refractivity contribution in [2.75, 3.05) is 24.5 Å². The summed E-state index contributed by atoms with van der Waals surface area (Å²) in [6, 6.07) is 2.09. The highest BCUT2D eigenvalue weighted by Crippen LogP contribution is 2.26. The maximum atomic E-state index is 9.02. The van der Waals surface area contributed by atoms with Crippen LogP contribution in [0.5, 0.6) is 0 Å². The van der Waals surface area contributed by atoms with E-state index in [9.17, 15) is 0 Å². The standard InChI is InChI=1S/C12H17N5/c1-9-2-5-17(8-10(9)6-13)12-11(7-14)15-3-4-16-12/h3-4,9-10H,2,5-6,8,13H2,1H3. The number of piperidine rings is 1. The maximum Gasteiger partial charge on any atom is 0.183 e. The summed E-state index contributed by atoms with van der Waals surface area (Å²) in [6.45, 7) is 4.70. The minimum absolute atomic E-state index is 0.401. The summed E-state index contributed by atoms with van der Waals surface area (Å²) in [5.74, 6) is 1.80. The summed E-state index contributed by atoms with van der Waals surface area (Å²) in [7, 11) is 0. The molecule has 90 valence electrons. The molecular formula is C12H17N5. The van der Waals surface area contributed by atoms with Crippen LogP contribution in [0.1, 0.15) is 19.0 Å². The molecule has 2 heterocycles. The van der Waals surface area contributed by atoms with Gasteiger partial charge in [0.15, 0.2) is 11.5 Å². The summed E-state index contributed by atoms with van der Waals surface area (Å²) in [5.41, 5.74) is 6.18. The molecule has 1 fully saturated rings. The van der Waals surface area contributed by atoms with E-state index in [4.69, 9.17) is 11.0 Å². The molecule has 2 atom stereocenters. The van der Waals surface area contributed by atoms with Crippen molar-refractivity contribution in [3.63, 3.8) is 0 Å². The Morgan fingerprint density at radius 3 is 3.00 bits per heavy atom. The summed E-state index contributed by atoms with van der Waals surface area (Å²) >= 11 is 0. The highest BCUT2D eigenvalue weighted by atomic mass is 15.2. The van der Waals surface area contributed by atoms with Gasteiger partial charge in [0, 0.05) is 25.5 Å². The molecule has 0 aromatic carbocycles. The van der Waals surface area contributed by atoms with Gasteiger partial charge in [-0.2, -0.15) is 5.26 Å². The van der Waals surface area contributed by atoms with Gasteiger partial charge in [0.25, 0.3) is 0 Å². The minimum Gasteiger partial charge on any atom is -0.354 e. The number of hydrogen-bond acceptors (Lipinski definition) is 5. The first-order valence-electron chi connectivity index (χ1n) is 5.92. The fourth-order valence-electron chi connectivity index (χ4n) is 2.29. The zero-order valence-electron chi connectivity index (χ0n) is 10.0. The number of nitriles is 1. The zero-order chi connectivity index (χ0) is 12.3.